The van der Waals surface area contributed by atoms with Crippen LogP contribution in [-0.2, 0) is 16.1 Å². The van der Waals surface area contributed by atoms with Crippen LogP contribution in [0.3, 0.4) is 0 Å². The molecule has 2 unspecified atom stereocenters. The molecule has 1 aliphatic carbocycles. The minimum Gasteiger partial charge on any atom is -0.338 e. The molecule has 25 heavy (non-hydrogen) atoms. The van der Waals surface area contributed by atoms with Crippen molar-refractivity contribution in [2.75, 3.05) is 11.9 Å². The van der Waals surface area contributed by atoms with Gasteiger partial charge < -0.3 is 10.2 Å². The van der Waals surface area contributed by atoms with Gasteiger partial charge in [0, 0.05) is 18.8 Å². The molecule has 0 bridgehead atoms. The zero-order chi connectivity index (χ0) is 17.8. The van der Waals surface area contributed by atoms with Crippen LogP contribution in [0.5, 0.6) is 0 Å². The van der Waals surface area contributed by atoms with Crippen molar-refractivity contribution in [3.05, 3.63) is 65.7 Å². The molecule has 0 aliphatic heterocycles. The quantitative estimate of drug-likeness (QED) is 0.876. The first-order chi connectivity index (χ1) is 12.1. The van der Waals surface area contributed by atoms with Gasteiger partial charge in [0.05, 0.1) is 11.8 Å². The average Bonchev–Trinajstić information content (AvgIpc) is 3.41. The second-order valence-corrected chi connectivity index (χ2v) is 6.65. The Bertz CT molecular complexity index is 758. The molecule has 130 valence electrons. The molecule has 2 aromatic carbocycles. The van der Waals surface area contributed by atoms with Gasteiger partial charge in [-0.15, -0.1) is 0 Å². The van der Waals surface area contributed by atoms with Crippen molar-refractivity contribution in [2.24, 2.45) is 11.8 Å². The van der Waals surface area contributed by atoms with Crippen LogP contribution in [0.2, 0.25) is 0 Å². The average molecular weight is 336 g/mol. The normalized spacial score (nSPS) is 18.5. The zero-order valence-electron chi connectivity index (χ0n) is 14.7. The maximum atomic E-state index is 12.7. The van der Waals surface area contributed by atoms with E-state index in [1.54, 1.807) is 0 Å². The molecule has 2 aromatic rings. The van der Waals surface area contributed by atoms with Crippen LogP contribution in [0, 0.1) is 18.8 Å². The highest BCUT2D eigenvalue weighted by atomic mass is 16.2. The van der Waals surface area contributed by atoms with Gasteiger partial charge in [-0.25, -0.2) is 0 Å². The van der Waals surface area contributed by atoms with Crippen LogP contribution in [-0.4, -0.2) is 23.3 Å². The van der Waals surface area contributed by atoms with E-state index in [2.05, 4.69) is 5.32 Å². The van der Waals surface area contributed by atoms with Crippen molar-refractivity contribution < 1.29 is 9.59 Å². The summed E-state index contributed by atoms with van der Waals surface area (Å²) in [5.74, 6) is -0.373. The molecule has 4 nitrogen and oxygen atoms in total. The largest absolute Gasteiger partial charge is 0.338 e. The van der Waals surface area contributed by atoms with Gasteiger partial charge in [0.15, 0.2) is 0 Å². The Balaban J connectivity index is 1.57. The highest BCUT2D eigenvalue weighted by molar-refractivity contribution is 5.99. The smallest absolute Gasteiger partial charge is 0.228 e. The predicted octanol–water partition coefficient (Wildman–Crippen LogP) is 3.62. The summed E-state index contributed by atoms with van der Waals surface area (Å²) in [7, 11) is 0. The van der Waals surface area contributed by atoms with Gasteiger partial charge >= 0.3 is 0 Å². The third-order valence-corrected chi connectivity index (χ3v) is 4.64. The van der Waals surface area contributed by atoms with Gasteiger partial charge in [-0.2, -0.15) is 0 Å². The molecule has 0 spiro atoms. The minimum absolute atomic E-state index is 0.0558. The lowest BCUT2D eigenvalue weighted by atomic mass is 10.2. The lowest BCUT2D eigenvalue weighted by Crippen LogP contribution is -2.33. The zero-order valence-corrected chi connectivity index (χ0v) is 14.7. The number of benzene rings is 2. The summed E-state index contributed by atoms with van der Waals surface area (Å²) in [5.41, 5.74) is 3.00. The lowest BCUT2D eigenvalue weighted by molar-refractivity contribution is -0.134. The SMILES string of the molecule is CCN(Cc1ccccc1)C(=O)C1CC1C(=O)Nc1cccc(C)c1. The highest BCUT2D eigenvalue weighted by Gasteiger charge is 2.49. The highest BCUT2D eigenvalue weighted by Crippen LogP contribution is 2.41. The standard InChI is InChI=1S/C21H24N2O2/c1-3-23(14-16-9-5-4-6-10-16)21(25)19-13-18(19)20(24)22-17-11-7-8-15(2)12-17/h4-12,18-19H,3,13-14H2,1-2H3,(H,22,24). The molecule has 0 radical (unpaired) electrons. The van der Waals surface area contributed by atoms with E-state index in [-0.39, 0.29) is 23.7 Å². The van der Waals surface area contributed by atoms with Crippen molar-refractivity contribution in [3.63, 3.8) is 0 Å². The number of carbonyl (C=O) groups is 2. The Hall–Kier alpha value is -2.62. The van der Waals surface area contributed by atoms with Crippen molar-refractivity contribution in [1.82, 2.24) is 4.90 Å². The molecule has 3 rings (SSSR count). The molecule has 4 heteroatoms. The van der Waals surface area contributed by atoms with E-state index in [1.165, 1.54) is 0 Å². The molecule has 0 saturated heterocycles. The van der Waals surface area contributed by atoms with Crippen molar-refractivity contribution in [2.45, 2.75) is 26.8 Å². The summed E-state index contributed by atoms with van der Waals surface area (Å²) in [6.45, 7) is 5.21. The van der Waals surface area contributed by atoms with E-state index in [1.807, 2.05) is 73.3 Å². The third-order valence-electron chi connectivity index (χ3n) is 4.64. The Labute approximate surface area is 148 Å². The van der Waals surface area contributed by atoms with E-state index >= 15 is 0 Å². The molecular formula is C21H24N2O2. The van der Waals surface area contributed by atoms with E-state index in [4.69, 9.17) is 0 Å². The summed E-state index contributed by atoms with van der Waals surface area (Å²) in [6.07, 6.45) is 0.641. The van der Waals surface area contributed by atoms with Gasteiger partial charge in [-0.3, -0.25) is 9.59 Å². The maximum absolute atomic E-state index is 12.7. The molecule has 1 N–H and O–H groups in total. The van der Waals surface area contributed by atoms with Gasteiger partial charge in [-0.05, 0) is 43.5 Å². The van der Waals surface area contributed by atoms with E-state index in [9.17, 15) is 9.59 Å². The lowest BCUT2D eigenvalue weighted by Gasteiger charge is -2.21. The monoisotopic (exact) mass is 336 g/mol. The van der Waals surface area contributed by atoms with Gasteiger partial charge in [0.2, 0.25) is 11.8 Å². The fourth-order valence-electron chi connectivity index (χ4n) is 3.10. The van der Waals surface area contributed by atoms with Crippen molar-refractivity contribution >= 4 is 17.5 Å². The summed E-state index contributed by atoms with van der Waals surface area (Å²) < 4.78 is 0. The summed E-state index contributed by atoms with van der Waals surface area (Å²) >= 11 is 0. The first-order valence-electron chi connectivity index (χ1n) is 8.78. The number of hydrogen-bond donors (Lipinski definition) is 1. The predicted molar refractivity (Wildman–Crippen MR) is 98.9 cm³/mol. The maximum Gasteiger partial charge on any atom is 0.228 e. The summed E-state index contributed by atoms with van der Waals surface area (Å²) in [5, 5.41) is 2.93. The topological polar surface area (TPSA) is 49.4 Å². The van der Waals surface area contributed by atoms with Crippen LogP contribution in [0.15, 0.2) is 54.6 Å². The number of hydrogen-bond acceptors (Lipinski definition) is 2. The van der Waals surface area contributed by atoms with Gasteiger partial charge in [0.25, 0.3) is 0 Å². The van der Waals surface area contributed by atoms with Gasteiger partial charge in [-0.1, -0.05) is 42.5 Å². The van der Waals surface area contributed by atoms with E-state index in [0.717, 1.165) is 16.8 Å². The summed E-state index contributed by atoms with van der Waals surface area (Å²) in [4.78, 5) is 26.9. The van der Waals surface area contributed by atoms with Crippen LogP contribution in [0.1, 0.15) is 24.5 Å². The number of nitrogens with zero attached hydrogens (tertiary/aromatic N) is 1. The van der Waals surface area contributed by atoms with Gasteiger partial charge in [0.1, 0.15) is 0 Å². The molecular weight excluding hydrogens is 312 g/mol. The third kappa shape index (κ3) is 4.27. The molecule has 1 saturated carbocycles. The Morgan fingerprint density at radius 2 is 1.84 bits per heavy atom. The molecule has 0 aromatic heterocycles. The van der Waals surface area contributed by atoms with Crippen LogP contribution in [0.4, 0.5) is 5.69 Å². The van der Waals surface area contributed by atoms with Crippen molar-refractivity contribution in [1.29, 1.82) is 0 Å². The Kier molecular flexibility index (Phi) is 5.17. The molecule has 1 aliphatic rings. The first kappa shape index (κ1) is 17.2. The van der Waals surface area contributed by atoms with Crippen LogP contribution < -0.4 is 5.32 Å². The molecule has 1 fully saturated rings. The van der Waals surface area contributed by atoms with Crippen molar-refractivity contribution in [3.8, 4) is 0 Å². The van der Waals surface area contributed by atoms with Crippen LogP contribution >= 0.6 is 0 Å². The van der Waals surface area contributed by atoms with E-state index in [0.29, 0.717) is 19.5 Å². The van der Waals surface area contributed by atoms with E-state index < -0.39 is 0 Å². The fraction of sp³-hybridized carbons (Fsp3) is 0.333. The van der Waals surface area contributed by atoms with Crippen LogP contribution in [0.25, 0.3) is 0 Å². The number of amides is 2. The fourth-order valence-corrected chi connectivity index (χ4v) is 3.10. The second-order valence-electron chi connectivity index (χ2n) is 6.65. The first-order valence-corrected chi connectivity index (χ1v) is 8.78. The Morgan fingerprint density at radius 3 is 2.52 bits per heavy atom. The summed E-state index contributed by atoms with van der Waals surface area (Å²) in [6, 6.07) is 17.7. The molecule has 2 amide bonds. The molecule has 0 heterocycles. The number of aryl methyl sites for hydroxylation is 1. The minimum atomic E-state index is -0.210. The Morgan fingerprint density at radius 1 is 1.08 bits per heavy atom. The number of nitrogens with one attached hydrogen (secondary N) is 1. The number of anilines is 1. The second kappa shape index (κ2) is 7.51. The molecule has 2 atom stereocenters. The number of rotatable bonds is 6. The number of carbonyl (C=O) groups excluding carboxylic acids is 2.